The SMILES string of the molecule is CC(=O)C1(Cc2ccccc2)CC=CC(c2ccc(-c3ccccc3)c(-c3ccccc3)c2-c2ccc(C)cc2)=CC1. The Morgan fingerprint density at radius 1 is 0.619 bits per heavy atom. The van der Waals surface area contributed by atoms with Crippen LogP contribution in [-0.2, 0) is 11.2 Å². The highest BCUT2D eigenvalue weighted by atomic mass is 16.1. The molecule has 0 saturated carbocycles. The molecule has 0 N–H and O–H groups in total. The number of hydrogen-bond acceptors (Lipinski definition) is 1. The average Bonchev–Trinajstić information content (AvgIpc) is 3.25. The van der Waals surface area contributed by atoms with Gasteiger partial charge in [-0.05, 0) is 83.2 Å². The zero-order valence-electron chi connectivity index (χ0n) is 24.4. The van der Waals surface area contributed by atoms with E-state index in [4.69, 9.17) is 0 Å². The number of Topliss-reactive ketones (excluding diaryl/α,β-unsaturated/α-hetero) is 1. The van der Waals surface area contributed by atoms with E-state index in [1.807, 2.05) is 6.07 Å². The molecule has 1 nitrogen and oxygen atoms in total. The van der Waals surface area contributed by atoms with E-state index in [2.05, 4.69) is 146 Å². The van der Waals surface area contributed by atoms with Crippen molar-refractivity contribution in [2.45, 2.75) is 33.1 Å². The van der Waals surface area contributed by atoms with Crippen LogP contribution >= 0.6 is 0 Å². The van der Waals surface area contributed by atoms with Gasteiger partial charge in [-0.25, -0.2) is 0 Å². The van der Waals surface area contributed by atoms with Gasteiger partial charge in [0.15, 0.2) is 0 Å². The van der Waals surface area contributed by atoms with Crippen LogP contribution in [0, 0.1) is 12.3 Å². The van der Waals surface area contributed by atoms with Crippen molar-refractivity contribution in [3.05, 3.63) is 162 Å². The van der Waals surface area contributed by atoms with Crippen LogP contribution in [0.25, 0.3) is 39.0 Å². The van der Waals surface area contributed by atoms with Gasteiger partial charge in [-0.15, -0.1) is 0 Å². The van der Waals surface area contributed by atoms with Crippen LogP contribution in [0.4, 0.5) is 0 Å². The second-order valence-electron chi connectivity index (χ2n) is 11.5. The largest absolute Gasteiger partial charge is 0.299 e. The summed E-state index contributed by atoms with van der Waals surface area (Å²) >= 11 is 0. The summed E-state index contributed by atoms with van der Waals surface area (Å²) in [4.78, 5) is 13.2. The van der Waals surface area contributed by atoms with Gasteiger partial charge in [0, 0.05) is 5.41 Å². The smallest absolute Gasteiger partial charge is 0.136 e. The quantitative estimate of drug-likeness (QED) is 0.199. The van der Waals surface area contributed by atoms with Crippen LogP contribution in [0.15, 0.2) is 146 Å². The minimum absolute atomic E-state index is 0.247. The van der Waals surface area contributed by atoms with Crippen molar-refractivity contribution in [3.63, 3.8) is 0 Å². The molecule has 1 aliphatic rings. The molecule has 0 aliphatic heterocycles. The molecule has 5 aromatic rings. The van der Waals surface area contributed by atoms with E-state index >= 15 is 0 Å². The van der Waals surface area contributed by atoms with E-state index < -0.39 is 5.41 Å². The third-order valence-corrected chi connectivity index (χ3v) is 8.65. The highest BCUT2D eigenvalue weighted by Crippen LogP contribution is 2.46. The predicted octanol–water partition coefficient (Wildman–Crippen LogP) is 10.5. The van der Waals surface area contributed by atoms with Gasteiger partial charge in [-0.2, -0.15) is 0 Å². The molecular formula is C41H36O. The van der Waals surface area contributed by atoms with E-state index in [1.165, 1.54) is 55.6 Å². The molecular weight excluding hydrogens is 508 g/mol. The Hall–Kier alpha value is -4.75. The average molecular weight is 545 g/mol. The number of carbonyl (C=O) groups excluding carboxylic acids is 1. The minimum atomic E-state index is -0.449. The fraction of sp³-hybridized carbons (Fsp3) is 0.146. The first-order valence-corrected chi connectivity index (χ1v) is 14.8. The van der Waals surface area contributed by atoms with E-state index in [0.29, 0.717) is 6.42 Å². The molecule has 5 aromatic carbocycles. The number of carbonyl (C=O) groups is 1. The zero-order valence-corrected chi connectivity index (χ0v) is 24.4. The van der Waals surface area contributed by atoms with Gasteiger partial charge in [0.05, 0.1) is 0 Å². The molecule has 206 valence electrons. The monoisotopic (exact) mass is 544 g/mol. The summed E-state index contributed by atoms with van der Waals surface area (Å²) in [5, 5.41) is 0. The van der Waals surface area contributed by atoms with Crippen molar-refractivity contribution in [2.24, 2.45) is 5.41 Å². The van der Waals surface area contributed by atoms with E-state index in [0.717, 1.165) is 12.8 Å². The molecule has 0 aromatic heterocycles. The van der Waals surface area contributed by atoms with Crippen LogP contribution in [0.2, 0.25) is 0 Å². The number of aryl methyl sites for hydroxylation is 1. The Morgan fingerprint density at radius 2 is 1.17 bits per heavy atom. The van der Waals surface area contributed by atoms with Crippen molar-refractivity contribution in [1.29, 1.82) is 0 Å². The van der Waals surface area contributed by atoms with Gasteiger partial charge in [-0.1, -0.05) is 151 Å². The Balaban J connectivity index is 1.56. The summed E-state index contributed by atoms with van der Waals surface area (Å²) in [6, 6.07) is 45.2. The molecule has 0 saturated heterocycles. The summed E-state index contributed by atoms with van der Waals surface area (Å²) < 4.78 is 0. The molecule has 1 atom stereocenters. The molecule has 0 heterocycles. The standard InChI is InChI=1S/C41H36O/c1-30-20-22-36(23-21-30)40-38(25-24-37(33-15-8-4-9-16-33)39(40)35-17-10-5-11-18-35)34-19-12-27-41(28-26-34,31(2)42)29-32-13-6-3-7-14-32/h3-26H,27-29H2,1-2H3. The molecule has 6 rings (SSSR count). The summed E-state index contributed by atoms with van der Waals surface area (Å²) in [5.41, 5.74) is 11.6. The number of ketones is 1. The van der Waals surface area contributed by atoms with Gasteiger partial charge in [0.25, 0.3) is 0 Å². The molecule has 0 radical (unpaired) electrons. The predicted molar refractivity (Wildman–Crippen MR) is 177 cm³/mol. The fourth-order valence-electron chi connectivity index (χ4n) is 6.24. The third kappa shape index (κ3) is 5.56. The van der Waals surface area contributed by atoms with Gasteiger partial charge in [0.1, 0.15) is 5.78 Å². The molecule has 1 heteroatoms. The lowest BCUT2D eigenvalue weighted by Crippen LogP contribution is -2.30. The van der Waals surface area contributed by atoms with E-state index in [-0.39, 0.29) is 5.78 Å². The normalized spacial score (nSPS) is 16.5. The summed E-state index contributed by atoms with van der Waals surface area (Å²) in [7, 11) is 0. The zero-order chi connectivity index (χ0) is 28.9. The maximum Gasteiger partial charge on any atom is 0.136 e. The van der Waals surface area contributed by atoms with Crippen LogP contribution < -0.4 is 0 Å². The number of hydrogen-bond donors (Lipinski definition) is 0. The van der Waals surface area contributed by atoms with Crippen molar-refractivity contribution in [2.75, 3.05) is 0 Å². The highest BCUT2D eigenvalue weighted by Gasteiger charge is 2.35. The number of rotatable bonds is 7. The summed E-state index contributed by atoms with van der Waals surface area (Å²) in [6.45, 7) is 3.89. The maximum absolute atomic E-state index is 13.2. The Bertz CT molecular complexity index is 1740. The van der Waals surface area contributed by atoms with Crippen molar-refractivity contribution >= 4 is 11.4 Å². The van der Waals surface area contributed by atoms with Crippen LogP contribution in [0.1, 0.15) is 36.5 Å². The number of allylic oxidation sites excluding steroid dienone is 4. The third-order valence-electron chi connectivity index (χ3n) is 8.65. The van der Waals surface area contributed by atoms with E-state index in [9.17, 15) is 4.79 Å². The minimum Gasteiger partial charge on any atom is -0.299 e. The van der Waals surface area contributed by atoms with Gasteiger partial charge in [-0.3, -0.25) is 4.79 Å². The highest BCUT2D eigenvalue weighted by molar-refractivity contribution is 6.01. The second kappa shape index (κ2) is 12.0. The Kier molecular flexibility index (Phi) is 7.84. The Labute approximate surface area is 249 Å². The number of benzene rings is 5. The molecule has 0 spiro atoms. The Morgan fingerprint density at radius 3 is 1.81 bits per heavy atom. The fourth-order valence-corrected chi connectivity index (χ4v) is 6.24. The van der Waals surface area contributed by atoms with Gasteiger partial charge < -0.3 is 0 Å². The van der Waals surface area contributed by atoms with E-state index in [1.54, 1.807) is 6.92 Å². The topological polar surface area (TPSA) is 17.1 Å². The molecule has 0 fully saturated rings. The lowest BCUT2D eigenvalue weighted by atomic mass is 9.73. The molecule has 0 amide bonds. The van der Waals surface area contributed by atoms with Crippen molar-refractivity contribution in [1.82, 2.24) is 0 Å². The molecule has 0 bridgehead atoms. The lowest BCUT2D eigenvalue weighted by Gasteiger charge is -2.29. The van der Waals surface area contributed by atoms with Gasteiger partial charge in [0.2, 0.25) is 0 Å². The van der Waals surface area contributed by atoms with Crippen molar-refractivity contribution < 1.29 is 4.79 Å². The van der Waals surface area contributed by atoms with Crippen LogP contribution in [-0.4, -0.2) is 5.78 Å². The van der Waals surface area contributed by atoms with Crippen LogP contribution in [0.5, 0.6) is 0 Å². The summed E-state index contributed by atoms with van der Waals surface area (Å²) in [5.74, 6) is 0.247. The molecule has 42 heavy (non-hydrogen) atoms. The molecule has 1 unspecified atom stereocenters. The lowest BCUT2D eigenvalue weighted by molar-refractivity contribution is -0.126. The first-order chi connectivity index (χ1) is 20.5. The first-order valence-electron chi connectivity index (χ1n) is 14.8. The van der Waals surface area contributed by atoms with Crippen LogP contribution in [0.3, 0.4) is 0 Å². The summed E-state index contributed by atoms with van der Waals surface area (Å²) in [6.07, 6.45) is 8.93. The molecule has 1 aliphatic carbocycles. The maximum atomic E-state index is 13.2. The van der Waals surface area contributed by atoms with Gasteiger partial charge >= 0.3 is 0 Å². The first kappa shape index (κ1) is 27.4. The second-order valence-corrected chi connectivity index (χ2v) is 11.5. The van der Waals surface area contributed by atoms with Crippen molar-refractivity contribution in [3.8, 4) is 33.4 Å².